The summed E-state index contributed by atoms with van der Waals surface area (Å²) in [4.78, 5) is 4.82. The molecule has 1 fully saturated rings. The summed E-state index contributed by atoms with van der Waals surface area (Å²) in [5.41, 5.74) is 2.53. The van der Waals surface area contributed by atoms with Crippen molar-refractivity contribution in [2.24, 2.45) is 7.05 Å². The van der Waals surface area contributed by atoms with Crippen molar-refractivity contribution in [3.05, 3.63) is 17.2 Å². The molecule has 1 saturated carbocycles. The molecule has 1 aliphatic carbocycles. The van der Waals surface area contributed by atoms with Gasteiger partial charge in [-0.15, -0.1) is 0 Å². The van der Waals surface area contributed by atoms with Crippen LogP contribution in [0.4, 0.5) is 0 Å². The Labute approximate surface area is 98.3 Å². The molecule has 0 saturated heterocycles. The molecule has 0 unspecified atom stereocenters. The third-order valence-corrected chi connectivity index (χ3v) is 3.83. The fraction of sp³-hybridized carbons (Fsp3) is 0.769. The largest absolute Gasteiger partial charge is 0.335 e. The number of rotatable bonds is 3. The fourth-order valence-electron chi connectivity index (χ4n) is 2.72. The van der Waals surface area contributed by atoms with E-state index in [0.29, 0.717) is 5.92 Å². The summed E-state index contributed by atoms with van der Waals surface area (Å²) in [5, 5.41) is 3.19. The third-order valence-electron chi connectivity index (χ3n) is 3.83. The maximum absolute atomic E-state index is 4.82. The molecule has 1 N–H and O–H groups in total. The molecule has 1 aromatic rings. The normalized spacial score (nSPS) is 17.9. The van der Waals surface area contributed by atoms with Crippen LogP contribution in [-0.2, 0) is 13.6 Å². The fourth-order valence-corrected chi connectivity index (χ4v) is 2.72. The van der Waals surface area contributed by atoms with Crippen LogP contribution in [0.5, 0.6) is 0 Å². The first-order valence-corrected chi connectivity index (χ1v) is 6.40. The van der Waals surface area contributed by atoms with Crippen molar-refractivity contribution in [1.29, 1.82) is 0 Å². The van der Waals surface area contributed by atoms with Gasteiger partial charge in [-0.1, -0.05) is 19.3 Å². The van der Waals surface area contributed by atoms with E-state index >= 15 is 0 Å². The molecular weight excluding hydrogens is 198 g/mol. The van der Waals surface area contributed by atoms with E-state index in [1.165, 1.54) is 49.3 Å². The Morgan fingerprint density at radius 1 is 1.31 bits per heavy atom. The first kappa shape index (κ1) is 11.6. The Kier molecular flexibility index (Phi) is 3.64. The third kappa shape index (κ3) is 2.14. The predicted octanol–water partition coefficient (Wildman–Crippen LogP) is 2.50. The molecule has 0 bridgehead atoms. The molecule has 1 aromatic heterocycles. The molecule has 0 radical (unpaired) electrons. The van der Waals surface area contributed by atoms with Gasteiger partial charge in [0.05, 0.1) is 5.69 Å². The molecule has 0 atom stereocenters. The predicted molar refractivity (Wildman–Crippen MR) is 66.5 cm³/mol. The Hall–Kier alpha value is -0.830. The Bertz CT molecular complexity index is 348. The van der Waals surface area contributed by atoms with Crippen molar-refractivity contribution < 1.29 is 0 Å². The van der Waals surface area contributed by atoms with Gasteiger partial charge in [-0.25, -0.2) is 4.98 Å². The van der Waals surface area contributed by atoms with Gasteiger partial charge in [-0.05, 0) is 26.8 Å². The first-order valence-electron chi connectivity index (χ1n) is 6.40. The lowest BCUT2D eigenvalue weighted by Gasteiger charge is -2.21. The minimum Gasteiger partial charge on any atom is -0.335 e. The van der Waals surface area contributed by atoms with Gasteiger partial charge in [0.25, 0.3) is 0 Å². The van der Waals surface area contributed by atoms with Gasteiger partial charge in [-0.2, -0.15) is 0 Å². The lowest BCUT2D eigenvalue weighted by atomic mass is 9.89. The minimum absolute atomic E-state index is 0.697. The lowest BCUT2D eigenvalue weighted by Crippen LogP contribution is -2.10. The number of hydrogen-bond acceptors (Lipinski definition) is 2. The average Bonchev–Trinajstić information content (AvgIpc) is 2.59. The van der Waals surface area contributed by atoms with Crippen LogP contribution < -0.4 is 5.32 Å². The van der Waals surface area contributed by atoms with E-state index in [9.17, 15) is 0 Å². The molecule has 90 valence electrons. The first-order chi connectivity index (χ1) is 7.74. The molecule has 2 rings (SSSR count). The molecule has 0 spiro atoms. The standard InChI is InChI=1S/C13H23N3/c1-10-12(9-14-2)15-13(16(10)3)11-7-5-4-6-8-11/h11,14H,4-9H2,1-3H3. The summed E-state index contributed by atoms with van der Waals surface area (Å²) in [6.45, 7) is 3.05. The maximum atomic E-state index is 4.82. The van der Waals surface area contributed by atoms with Crippen molar-refractivity contribution in [3.8, 4) is 0 Å². The van der Waals surface area contributed by atoms with Crippen LogP contribution in [-0.4, -0.2) is 16.6 Å². The van der Waals surface area contributed by atoms with Gasteiger partial charge in [0.15, 0.2) is 0 Å². The van der Waals surface area contributed by atoms with Crippen LogP contribution in [0.1, 0.15) is 55.2 Å². The maximum Gasteiger partial charge on any atom is 0.112 e. The summed E-state index contributed by atoms with van der Waals surface area (Å²) in [6.07, 6.45) is 6.80. The molecule has 1 aliphatic rings. The van der Waals surface area contributed by atoms with Crippen LogP contribution in [0.2, 0.25) is 0 Å². The van der Waals surface area contributed by atoms with Crippen LogP contribution in [0.15, 0.2) is 0 Å². The Morgan fingerprint density at radius 3 is 2.62 bits per heavy atom. The van der Waals surface area contributed by atoms with Gasteiger partial charge in [0, 0.05) is 25.2 Å². The molecule has 16 heavy (non-hydrogen) atoms. The van der Waals surface area contributed by atoms with Crippen molar-refractivity contribution >= 4 is 0 Å². The van der Waals surface area contributed by atoms with E-state index in [-0.39, 0.29) is 0 Å². The Morgan fingerprint density at radius 2 is 2.00 bits per heavy atom. The van der Waals surface area contributed by atoms with Crippen molar-refractivity contribution in [1.82, 2.24) is 14.9 Å². The van der Waals surface area contributed by atoms with E-state index in [4.69, 9.17) is 4.98 Å². The summed E-state index contributed by atoms with van der Waals surface area (Å²) >= 11 is 0. The van der Waals surface area contributed by atoms with Crippen LogP contribution >= 0.6 is 0 Å². The second kappa shape index (κ2) is 5.00. The van der Waals surface area contributed by atoms with Gasteiger partial charge >= 0.3 is 0 Å². The van der Waals surface area contributed by atoms with E-state index in [0.717, 1.165) is 6.54 Å². The number of aromatic nitrogens is 2. The molecule has 3 heteroatoms. The van der Waals surface area contributed by atoms with E-state index in [1.807, 2.05) is 7.05 Å². The van der Waals surface area contributed by atoms with Crippen LogP contribution in [0.3, 0.4) is 0 Å². The second-order valence-corrected chi connectivity index (χ2v) is 4.93. The average molecular weight is 221 g/mol. The quantitative estimate of drug-likeness (QED) is 0.850. The van der Waals surface area contributed by atoms with Crippen LogP contribution in [0, 0.1) is 6.92 Å². The highest BCUT2D eigenvalue weighted by Gasteiger charge is 2.21. The smallest absolute Gasteiger partial charge is 0.112 e. The highest BCUT2D eigenvalue weighted by Crippen LogP contribution is 2.32. The molecule has 3 nitrogen and oxygen atoms in total. The molecule has 1 heterocycles. The number of nitrogens with zero attached hydrogens (tertiary/aromatic N) is 2. The van der Waals surface area contributed by atoms with Crippen LogP contribution in [0.25, 0.3) is 0 Å². The lowest BCUT2D eigenvalue weighted by molar-refractivity contribution is 0.420. The zero-order chi connectivity index (χ0) is 11.5. The summed E-state index contributed by atoms with van der Waals surface area (Å²) in [5.74, 6) is 2.01. The van der Waals surface area contributed by atoms with Crippen molar-refractivity contribution in [2.75, 3.05) is 7.05 Å². The second-order valence-electron chi connectivity index (χ2n) is 4.93. The number of nitrogens with one attached hydrogen (secondary N) is 1. The Balaban J connectivity index is 2.22. The van der Waals surface area contributed by atoms with Gasteiger partial charge in [0.1, 0.15) is 5.82 Å². The highest BCUT2D eigenvalue weighted by atomic mass is 15.1. The van der Waals surface area contributed by atoms with Gasteiger partial charge < -0.3 is 9.88 Å². The zero-order valence-corrected chi connectivity index (χ0v) is 10.7. The monoisotopic (exact) mass is 221 g/mol. The topological polar surface area (TPSA) is 29.9 Å². The highest BCUT2D eigenvalue weighted by molar-refractivity contribution is 5.18. The van der Waals surface area contributed by atoms with E-state index < -0.39 is 0 Å². The van der Waals surface area contributed by atoms with Gasteiger partial charge in [0.2, 0.25) is 0 Å². The molecular formula is C13H23N3. The SMILES string of the molecule is CNCc1nc(C2CCCCC2)n(C)c1C. The minimum atomic E-state index is 0.697. The molecule has 0 aliphatic heterocycles. The van der Waals surface area contributed by atoms with Crippen molar-refractivity contribution in [2.45, 2.75) is 51.5 Å². The van der Waals surface area contributed by atoms with Crippen molar-refractivity contribution in [3.63, 3.8) is 0 Å². The summed E-state index contributed by atoms with van der Waals surface area (Å²) in [7, 11) is 4.14. The van der Waals surface area contributed by atoms with E-state index in [1.54, 1.807) is 0 Å². The molecule has 0 amide bonds. The molecule has 0 aromatic carbocycles. The summed E-state index contributed by atoms with van der Waals surface area (Å²) in [6, 6.07) is 0. The number of imidazole rings is 1. The van der Waals surface area contributed by atoms with Gasteiger partial charge in [-0.3, -0.25) is 0 Å². The zero-order valence-electron chi connectivity index (χ0n) is 10.7. The number of hydrogen-bond donors (Lipinski definition) is 1. The van der Waals surface area contributed by atoms with E-state index in [2.05, 4.69) is 23.9 Å². The summed E-state index contributed by atoms with van der Waals surface area (Å²) < 4.78 is 2.29.